The monoisotopic (exact) mass is 186 g/mol. The van der Waals surface area contributed by atoms with E-state index in [1.807, 2.05) is 11.8 Å². The highest BCUT2D eigenvalue weighted by molar-refractivity contribution is 5.73. The first-order chi connectivity index (χ1) is 6.15. The molecule has 4 heteroatoms. The number of carbonyl (C=O) groups excluding carboxylic acids is 1. The van der Waals surface area contributed by atoms with E-state index in [0.717, 1.165) is 13.0 Å². The van der Waals surface area contributed by atoms with Crippen molar-refractivity contribution >= 4 is 6.03 Å². The molecule has 0 spiro atoms. The van der Waals surface area contributed by atoms with Gasteiger partial charge in [0.1, 0.15) is 0 Å². The second-order valence-corrected chi connectivity index (χ2v) is 3.68. The fourth-order valence-corrected chi connectivity index (χ4v) is 1.78. The van der Waals surface area contributed by atoms with Crippen LogP contribution in [0.3, 0.4) is 0 Å². The zero-order valence-corrected chi connectivity index (χ0v) is 8.54. The topological polar surface area (TPSA) is 41.6 Å². The Morgan fingerprint density at radius 1 is 1.62 bits per heavy atom. The van der Waals surface area contributed by atoms with Gasteiger partial charge in [0, 0.05) is 12.6 Å². The molecule has 1 heterocycles. The third-order valence-electron chi connectivity index (χ3n) is 2.35. The van der Waals surface area contributed by atoms with Gasteiger partial charge in [0.25, 0.3) is 0 Å². The minimum Gasteiger partial charge on any atom is -0.320 e. The van der Waals surface area contributed by atoms with Crippen LogP contribution in [0.25, 0.3) is 0 Å². The van der Waals surface area contributed by atoms with Crippen LogP contribution in [0.2, 0.25) is 0 Å². The summed E-state index contributed by atoms with van der Waals surface area (Å²) >= 11 is 0. The number of nitrogens with one attached hydrogen (secondary N) is 1. The number of hydrogen-bond donors (Lipinski definition) is 1. The number of hydroxylamine groups is 1. The Bertz CT molecular complexity index is 184. The molecule has 2 atom stereocenters. The third kappa shape index (κ3) is 2.59. The first-order valence-corrected chi connectivity index (χ1v) is 4.83. The second-order valence-electron chi connectivity index (χ2n) is 3.68. The standard InChI is InChI=1S/C9H18N2O2/c1-4-13-10-9(12)11-6-7(2)5-8(11)3/h7-8H,4-6H2,1-3H3,(H,10,12). The molecule has 1 N–H and O–H groups in total. The van der Waals surface area contributed by atoms with Crippen LogP contribution in [-0.4, -0.2) is 30.1 Å². The summed E-state index contributed by atoms with van der Waals surface area (Å²) in [4.78, 5) is 18.1. The molecule has 13 heavy (non-hydrogen) atoms. The smallest absolute Gasteiger partial charge is 0.320 e. The highest BCUT2D eigenvalue weighted by Crippen LogP contribution is 2.21. The van der Waals surface area contributed by atoms with Crippen LogP contribution in [0.5, 0.6) is 0 Å². The molecule has 4 nitrogen and oxygen atoms in total. The number of carbonyl (C=O) groups is 1. The van der Waals surface area contributed by atoms with Crippen molar-refractivity contribution in [2.75, 3.05) is 13.2 Å². The van der Waals surface area contributed by atoms with Gasteiger partial charge in [-0.05, 0) is 26.2 Å². The van der Waals surface area contributed by atoms with E-state index in [-0.39, 0.29) is 6.03 Å². The average Bonchev–Trinajstić information content (AvgIpc) is 2.41. The molecule has 1 aliphatic rings. The van der Waals surface area contributed by atoms with Gasteiger partial charge in [-0.1, -0.05) is 6.92 Å². The van der Waals surface area contributed by atoms with Crippen molar-refractivity contribution in [3.63, 3.8) is 0 Å². The predicted octanol–water partition coefficient (Wildman–Crippen LogP) is 1.38. The molecule has 2 amide bonds. The van der Waals surface area contributed by atoms with Gasteiger partial charge in [-0.15, -0.1) is 0 Å². The van der Waals surface area contributed by atoms with E-state index in [4.69, 9.17) is 4.84 Å². The maximum Gasteiger partial charge on any atom is 0.341 e. The van der Waals surface area contributed by atoms with E-state index in [1.165, 1.54) is 0 Å². The van der Waals surface area contributed by atoms with Crippen LogP contribution in [0.4, 0.5) is 4.79 Å². The number of rotatable bonds is 2. The molecule has 1 saturated heterocycles. The Balaban J connectivity index is 2.38. The summed E-state index contributed by atoms with van der Waals surface area (Å²) in [6, 6.07) is 0.217. The lowest BCUT2D eigenvalue weighted by atomic mass is 10.1. The molecule has 0 aromatic heterocycles. The third-order valence-corrected chi connectivity index (χ3v) is 2.35. The zero-order chi connectivity index (χ0) is 9.84. The fourth-order valence-electron chi connectivity index (χ4n) is 1.78. The molecular formula is C9H18N2O2. The maximum absolute atomic E-state index is 11.4. The number of hydrogen-bond acceptors (Lipinski definition) is 2. The van der Waals surface area contributed by atoms with Crippen molar-refractivity contribution in [1.29, 1.82) is 0 Å². The molecule has 0 saturated carbocycles. The Labute approximate surface area is 79.2 Å². The molecule has 2 unspecified atom stereocenters. The highest BCUT2D eigenvalue weighted by Gasteiger charge is 2.29. The van der Waals surface area contributed by atoms with Gasteiger partial charge < -0.3 is 4.90 Å². The summed E-state index contributed by atoms with van der Waals surface area (Å²) in [6.45, 7) is 7.40. The lowest BCUT2D eigenvalue weighted by Crippen LogP contribution is -2.41. The van der Waals surface area contributed by atoms with Crippen molar-refractivity contribution in [3.05, 3.63) is 0 Å². The van der Waals surface area contributed by atoms with E-state index in [0.29, 0.717) is 18.6 Å². The molecule has 0 bridgehead atoms. The molecule has 0 aromatic rings. The Morgan fingerprint density at radius 3 is 2.77 bits per heavy atom. The van der Waals surface area contributed by atoms with E-state index < -0.39 is 0 Å². The van der Waals surface area contributed by atoms with Crippen molar-refractivity contribution in [2.24, 2.45) is 5.92 Å². The first kappa shape index (κ1) is 10.3. The Kier molecular flexibility index (Phi) is 3.54. The zero-order valence-electron chi connectivity index (χ0n) is 8.54. The number of nitrogens with zero attached hydrogens (tertiary/aromatic N) is 1. The summed E-state index contributed by atoms with van der Waals surface area (Å²) in [6.07, 6.45) is 1.08. The second kappa shape index (κ2) is 4.46. The predicted molar refractivity (Wildman–Crippen MR) is 50.1 cm³/mol. The fraction of sp³-hybridized carbons (Fsp3) is 0.889. The SMILES string of the molecule is CCONC(=O)N1CC(C)CC1C. The number of urea groups is 1. The molecular weight excluding hydrogens is 168 g/mol. The average molecular weight is 186 g/mol. The van der Waals surface area contributed by atoms with E-state index in [9.17, 15) is 4.79 Å². The maximum atomic E-state index is 11.4. The summed E-state index contributed by atoms with van der Waals surface area (Å²) in [5.74, 6) is 0.599. The van der Waals surface area contributed by atoms with Gasteiger partial charge in [-0.3, -0.25) is 4.84 Å². The highest BCUT2D eigenvalue weighted by atomic mass is 16.7. The molecule has 0 radical (unpaired) electrons. The minimum atomic E-state index is -0.112. The molecule has 76 valence electrons. The Hall–Kier alpha value is -0.770. The van der Waals surface area contributed by atoms with Crippen molar-refractivity contribution < 1.29 is 9.63 Å². The van der Waals surface area contributed by atoms with Crippen molar-refractivity contribution in [2.45, 2.75) is 33.2 Å². The van der Waals surface area contributed by atoms with Gasteiger partial charge >= 0.3 is 6.03 Å². The minimum absolute atomic E-state index is 0.112. The summed E-state index contributed by atoms with van der Waals surface area (Å²) < 4.78 is 0. The van der Waals surface area contributed by atoms with Crippen molar-refractivity contribution in [3.8, 4) is 0 Å². The molecule has 1 fully saturated rings. The largest absolute Gasteiger partial charge is 0.341 e. The summed E-state index contributed by atoms with van der Waals surface area (Å²) in [5.41, 5.74) is 2.41. The van der Waals surface area contributed by atoms with Crippen LogP contribution in [0.15, 0.2) is 0 Å². The van der Waals surface area contributed by atoms with Crippen LogP contribution >= 0.6 is 0 Å². The van der Waals surface area contributed by atoms with Crippen molar-refractivity contribution in [1.82, 2.24) is 10.4 Å². The van der Waals surface area contributed by atoms with Gasteiger partial charge in [-0.2, -0.15) is 0 Å². The van der Waals surface area contributed by atoms with E-state index in [2.05, 4.69) is 19.3 Å². The number of amides is 2. The first-order valence-electron chi connectivity index (χ1n) is 4.83. The lowest BCUT2D eigenvalue weighted by molar-refractivity contribution is 0.0547. The molecule has 1 aliphatic heterocycles. The van der Waals surface area contributed by atoms with Crippen LogP contribution in [0.1, 0.15) is 27.2 Å². The van der Waals surface area contributed by atoms with E-state index >= 15 is 0 Å². The molecule has 1 rings (SSSR count). The van der Waals surface area contributed by atoms with Crippen LogP contribution in [0, 0.1) is 5.92 Å². The van der Waals surface area contributed by atoms with Gasteiger partial charge in [-0.25, -0.2) is 10.3 Å². The summed E-state index contributed by atoms with van der Waals surface area (Å²) in [5, 5.41) is 0. The summed E-state index contributed by atoms with van der Waals surface area (Å²) in [7, 11) is 0. The van der Waals surface area contributed by atoms with Gasteiger partial charge in [0.05, 0.1) is 6.61 Å². The van der Waals surface area contributed by atoms with Crippen LogP contribution in [-0.2, 0) is 4.84 Å². The quantitative estimate of drug-likeness (QED) is 0.662. The number of likely N-dealkylation sites (tertiary alicyclic amines) is 1. The normalized spacial score (nSPS) is 27.8. The van der Waals surface area contributed by atoms with Crippen LogP contribution < -0.4 is 5.48 Å². The lowest BCUT2D eigenvalue weighted by Gasteiger charge is -2.21. The molecule has 0 aliphatic carbocycles. The van der Waals surface area contributed by atoms with E-state index in [1.54, 1.807) is 0 Å². The molecule has 0 aromatic carbocycles. The Morgan fingerprint density at radius 2 is 2.31 bits per heavy atom. The van der Waals surface area contributed by atoms with Gasteiger partial charge in [0.15, 0.2) is 0 Å². The van der Waals surface area contributed by atoms with Gasteiger partial charge in [0.2, 0.25) is 0 Å².